The summed E-state index contributed by atoms with van der Waals surface area (Å²) in [6, 6.07) is 9.16. The fourth-order valence-corrected chi connectivity index (χ4v) is 1.57. The fraction of sp³-hybridized carbons (Fsp3) is 0.286. The standard InChI is InChI=1S/C14H17N5O/c1-10(2)17-14(20)12-6-7-13(19-18-12)16-9-11-5-3-4-8-15-11/h3-8,10H,9H2,1-2H3,(H,16,19)(H,17,20). The summed E-state index contributed by atoms with van der Waals surface area (Å²) in [5, 5.41) is 13.7. The highest BCUT2D eigenvalue weighted by Crippen LogP contribution is 2.04. The van der Waals surface area contributed by atoms with Crippen LogP contribution in [0.25, 0.3) is 0 Å². The summed E-state index contributed by atoms with van der Waals surface area (Å²) in [4.78, 5) is 15.9. The number of nitrogens with zero attached hydrogens (tertiary/aromatic N) is 3. The average molecular weight is 271 g/mol. The third-order valence-corrected chi connectivity index (χ3v) is 2.49. The van der Waals surface area contributed by atoms with E-state index in [1.165, 1.54) is 0 Å². The lowest BCUT2D eigenvalue weighted by Crippen LogP contribution is -2.30. The quantitative estimate of drug-likeness (QED) is 0.864. The summed E-state index contributed by atoms with van der Waals surface area (Å²) in [5.41, 5.74) is 1.22. The molecule has 2 N–H and O–H groups in total. The molecule has 2 rings (SSSR count). The van der Waals surface area contributed by atoms with Gasteiger partial charge in [0.2, 0.25) is 0 Å². The zero-order chi connectivity index (χ0) is 14.4. The minimum atomic E-state index is -0.219. The molecular weight excluding hydrogens is 254 g/mol. The predicted molar refractivity (Wildman–Crippen MR) is 76.2 cm³/mol. The molecule has 0 saturated heterocycles. The molecule has 0 aromatic carbocycles. The summed E-state index contributed by atoms with van der Waals surface area (Å²) in [5.74, 6) is 0.389. The second kappa shape index (κ2) is 6.60. The molecule has 2 aromatic heterocycles. The Balaban J connectivity index is 1.93. The van der Waals surface area contributed by atoms with E-state index in [1.807, 2.05) is 32.0 Å². The second-order valence-electron chi connectivity index (χ2n) is 4.61. The molecule has 20 heavy (non-hydrogen) atoms. The predicted octanol–water partition coefficient (Wildman–Crippen LogP) is 1.62. The van der Waals surface area contributed by atoms with E-state index in [2.05, 4.69) is 25.8 Å². The highest BCUT2D eigenvalue weighted by molar-refractivity contribution is 5.92. The van der Waals surface area contributed by atoms with Crippen LogP contribution >= 0.6 is 0 Å². The molecule has 0 unspecified atom stereocenters. The zero-order valence-electron chi connectivity index (χ0n) is 11.5. The molecule has 0 saturated carbocycles. The summed E-state index contributed by atoms with van der Waals surface area (Å²) in [6.45, 7) is 4.36. The normalized spacial score (nSPS) is 10.3. The van der Waals surface area contributed by atoms with E-state index in [9.17, 15) is 4.79 Å². The first-order valence-electron chi connectivity index (χ1n) is 6.43. The maximum Gasteiger partial charge on any atom is 0.271 e. The Labute approximate surface area is 117 Å². The molecule has 6 heteroatoms. The van der Waals surface area contributed by atoms with Gasteiger partial charge in [0, 0.05) is 12.2 Å². The number of hydrogen-bond donors (Lipinski definition) is 2. The van der Waals surface area contributed by atoms with Gasteiger partial charge in [0.05, 0.1) is 12.2 Å². The van der Waals surface area contributed by atoms with Crippen LogP contribution in [0.3, 0.4) is 0 Å². The Morgan fingerprint density at radius 3 is 2.65 bits per heavy atom. The number of carbonyl (C=O) groups is 1. The van der Waals surface area contributed by atoms with Gasteiger partial charge < -0.3 is 10.6 Å². The fourth-order valence-electron chi connectivity index (χ4n) is 1.57. The monoisotopic (exact) mass is 271 g/mol. The lowest BCUT2D eigenvalue weighted by molar-refractivity contribution is 0.0937. The van der Waals surface area contributed by atoms with Gasteiger partial charge in [-0.3, -0.25) is 9.78 Å². The van der Waals surface area contributed by atoms with Crippen LogP contribution in [0.5, 0.6) is 0 Å². The smallest absolute Gasteiger partial charge is 0.271 e. The molecule has 2 heterocycles. The molecule has 0 atom stereocenters. The summed E-state index contributed by atoms with van der Waals surface area (Å²) in [6.07, 6.45) is 1.74. The van der Waals surface area contributed by atoms with Crippen LogP contribution in [-0.4, -0.2) is 27.1 Å². The van der Waals surface area contributed by atoms with Gasteiger partial charge in [-0.25, -0.2) is 0 Å². The number of anilines is 1. The van der Waals surface area contributed by atoms with Gasteiger partial charge in [-0.2, -0.15) is 0 Å². The van der Waals surface area contributed by atoms with Crippen LogP contribution in [0, 0.1) is 0 Å². The van der Waals surface area contributed by atoms with Crippen molar-refractivity contribution in [3.05, 3.63) is 47.9 Å². The Bertz CT molecular complexity index is 554. The lowest BCUT2D eigenvalue weighted by atomic mass is 10.3. The molecule has 104 valence electrons. The number of hydrogen-bond acceptors (Lipinski definition) is 5. The number of nitrogens with one attached hydrogen (secondary N) is 2. The van der Waals surface area contributed by atoms with Gasteiger partial charge in [0.15, 0.2) is 5.69 Å². The molecular formula is C14H17N5O. The number of pyridine rings is 1. The maximum absolute atomic E-state index is 11.7. The molecule has 0 aliphatic rings. The van der Waals surface area contributed by atoms with E-state index in [4.69, 9.17) is 0 Å². The van der Waals surface area contributed by atoms with Crippen LogP contribution in [0.15, 0.2) is 36.5 Å². The van der Waals surface area contributed by atoms with Crippen LogP contribution < -0.4 is 10.6 Å². The van der Waals surface area contributed by atoms with Crippen LogP contribution in [0.2, 0.25) is 0 Å². The van der Waals surface area contributed by atoms with Crippen molar-refractivity contribution in [3.63, 3.8) is 0 Å². The van der Waals surface area contributed by atoms with Crippen LogP contribution in [0.4, 0.5) is 5.82 Å². The van der Waals surface area contributed by atoms with Crippen molar-refractivity contribution in [2.45, 2.75) is 26.4 Å². The number of amides is 1. The number of aromatic nitrogens is 3. The van der Waals surface area contributed by atoms with Gasteiger partial charge in [0.1, 0.15) is 5.82 Å². The summed E-state index contributed by atoms with van der Waals surface area (Å²) in [7, 11) is 0. The average Bonchev–Trinajstić information content (AvgIpc) is 2.46. The Morgan fingerprint density at radius 1 is 1.20 bits per heavy atom. The van der Waals surface area contributed by atoms with E-state index >= 15 is 0 Å². The third kappa shape index (κ3) is 4.01. The Morgan fingerprint density at radius 2 is 2.05 bits per heavy atom. The van der Waals surface area contributed by atoms with Crippen molar-refractivity contribution in [2.75, 3.05) is 5.32 Å². The van der Waals surface area contributed by atoms with Gasteiger partial charge >= 0.3 is 0 Å². The molecule has 2 aromatic rings. The number of rotatable bonds is 5. The largest absolute Gasteiger partial charge is 0.363 e. The number of carbonyl (C=O) groups excluding carboxylic acids is 1. The highest BCUT2D eigenvalue weighted by atomic mass is 16.1. The highest BCUT2D eigenvalue weighted by Gasteiger charge is 2.08. The molecule has 6 nitrogen and oxygen atoms in total. The molecule has 0 radical (unpaired) electrons. The summed E-state index contributed by atoms with van der Waals surface area (Å²) >= 11 is 0. The van der Waals surface area contributed by atoms with E-state index in [-0.39, 0.29) is 11.9 Å². The van der Waals surface area contributed by atoms with Crippen molar-refractivity contribution in [2.24, 2.45) is 0 Å². The molecule has 0 bridgehead atoms. The first kappa shape index (κ1) is 13.9. The molecule has 0 aliphatic heterocycles. The van der Waals surface area contributed by atoms with E-state index in [0.29, 0.717) is 18.1 Å². The molecule has 1 amide bonds. The molecule has 0 spiro atoms. The van der Waals surface area contributed by atoms with E-state index in [0.717, 1.165) is 5.69 Å². The molecule has 0 fully saturated rings. The first-order valence-corrected chi connectivity index (χ1v) is 6.43. The maximum atomic E-state index is 11.7. The SMILES string of the molecule is CC(C)NC(=O)c1ccc(NCc2ccccn2)nn1. The van der Waals surface area contributed by atoms with Gasteiger partial charge in [0.25, 0.3) is 5.91 Å². The minimum Gasteiger partial charge on any atom is -0.363 e. The van der Waals surface area contributed by atoms with Gasteiger partial charge in [-0.15, -0.1) is 10.2 Å². The topological polar surface area (TPSA) is 79.8 Å². The Hall–Kier alpha value is -2.50. The molecule has 0 aliphatic carbocycles. The van der Waals surface area contributed by atoms with E-state index < -0.39 is 0 Å². The van der Waals surface area contributed by atoms with Crippen molar-refractivity contribution >= 4 is 11.7 Å². The third-order valence-electron chi connectivity index (χ3n) is 2.49. The van der Waals surface area contributed by atoms with Crippen molar-refractivity contribution in [3.8, 4) is 0 Å². The van der Waals surface area contributed by atoms with Crippen molar-refractivity contribution in [1.82, 2.24) is 20.5 Å². The van der Waals surface area contributed by atoms with Gasteiger partial charge in [-0.1, -0.05) is 6.07 Å². The van der Waals surface area contributed by atoms with Crippen LogP contribution in [0.1, 0.15) is 30.0 Å². The van der Waals surface area contributed by atoms with Crippen LogP contribution in [-0.2, 0) is 6.54 Å². The second-order valence-corrected chi connectivity index (χ2v) is 4.61. The lowest BCUT2D eigenvalue weighted by Gasteiger charge is -2.08. The van der Waals surface area contributed by atoms with Gasteiger partial charge in [-0.05, 0) is 38.1 Å². The van der Waals surface area contributed by atoms with Crippen molar-refractivity contribution in [1.29, 1.82) is 0 Å². The summed E-state index contributed by atoms with van der Waals surface area (Å²) < 4.78 is 0. The Kier molecular flexibility index (Phi) is 4.60. The first-order chi connectivity index (χ1) is 9.65. The minimum absolute atomic E-state index is 0.0752. The van der Waals surface area contributed by atoms with E-state index in [1.54, 1.807) is 18.3 Å². The zero-order valence-corrected chi connectivity index (χ0v) is 11.5. The van der Waals surface area contributed by atoms with Crippen molar-refractivity contribution < 1.29 is 4.79 Å².